The highest BCUT2D eigenvalue weighted by atomic mass is 32.2. The highest BCUT2D eigenvalue weighted by Gasteiger charge is 2.27. The highest BCUT2D eigenvalue weighted by molar-refractivity contribution is 7.90. The summed E-state index contributed by atoms with van der Waals surface area (Å²) < 4.78 is 61.9. The molecule has 34 heavy (non-hydrogen) atoms. The van der Waals surface area contributed by atoms with Crippen molar-refractivity contribution in [2.24, 2.45) is 5.92 Å². The maximum absolute atomic E-state index is 14.2. The summed E-state index contributed by atoms with van der Waals surface area (Å²) in [5.41, 5.74) is 1.19. The van der Waals surface area contributed by atoms with Gasteiger partial charge in [0.05, 0.1) is 0 Å². The summed E-state index contributed by atoms with van der Waals surface area (Å²) in [6, 6.07) is 2.00. The van der Waals surface area contributed by atoms with E-state index in [1.165, 1.54) is 0 Å². The first-order chi connectivity index (χ1) is 15.8. The fraction of sp³-hybridized carbons (Fsp3) is 0.435. The quantitative estimate of drug-likeness (QED) is 0.618. The Hall–Kier alpha value is -3.08. The zero-order chi connectivity index (χ0) is 25.3. The number of aromatic nitrogens is 2. The van der Waals surface area contributed by atoms with Crippen molar-refractivity contribution in [3.05, 3.63) is 53.6 Å². The Morgan fingerprint density at radius 2 is 1.82 bits per heavy atom. The molecule has 0 radical (unpaired) electrons. The van der Waals surface area contributed by atoms with Crippen molar-refractivity contribution < 1.29 is 31.5 Å². The van der Waals surface area contributed by atoms with Gasteiger partial charge in [-0.25, -0.2) is 27.6 Å². The van der Waals surface area contributed by atoms with Crippen LogP contribution in [0.2, 0.25) is 0 Å². The molecule has 11 heteroatoms. The molecule has 1 aromatic heterocycles. The SMILES string of the molecule is CC1CN(C(=O)OC(C)(C)C)CC=C1c1cnc(COc2ccc(S(C)(=O)=O)c(F)c2F)nc1. The molecule has 2 heterocycles. The Morgan fingerprint density at radius 3 is 2.38 bits per heavy atom. The number of rotatable bonds is 5. The fourth-order valence-corrected chi connectivity index (χ4v) is 4.15. The number of halogens is 2. The highest BCUT2D eigenvalue weighted by Crippen LogP contribution is 2.28. The number of hydrogen-bond acceptors (Lipinski definition) is 7. The Labute approximate surface area is 197 Å². The third-order valence-electron chi connectivity index (χ3n) is 5.01. The van der Waals surface area contributed by atoms with E-state index in [0.717, 1.165) is 29.5 Å². The zero-order valence-corrected chi connectivity index (χ0v) is 20.4. The van der Waals surface area contributed by atoms with Gasteiger partial charge in [-0.15, -0.1) is 0 Å². The van der Waals surface area contributed by atoms with Crippen molar-refractivity contribution in [3.8, 4) is 5.75 Å². The number of amides is 1. The van der Waals surface area contributed by atoms with E-state index in [0.29, 0.717) is 13.1 Å². The number of benzene rings is 1. The lowest BCUT2D eigenvalue weighted by Gasteiger charge is -2.32. The third kappa shape index (κ3) is 6.07. The van der Waals surface area contributed by atoms with E-state index in [-0.39, 0.29) is 24.4 Å². The third-order valence-corrected chi connectivity index (χ3v) is 6.13. The minimum Gasteiger partial charge on any atom is -0.482 e. The van der Waals surface area contributed by atoms with Gasteiger partial charge in [0, 0.05) is 37.3 Å². The Bertz CT molecular complexity index is 1210. The minimum absolute atomic E-state index is 0.0254. The maximum atomic E-state index is 14.2. The van der Waals surface area contributed by atoms with Gasteiger partial charge in [-0.2, -0.15) is 4.39 Å². The van der Waals surface area contributed by atoms with Gasteiger partial charge in [-0.1, -0.05) is 13.0 Å². The molecule has 1 amide bonds. The molecule has 1 aliphatic rings. The van der Waals surface area contributed by atoms with Crippen LogP contribution in [-0.2, 0) is 21.2 Å². The lowest BCUT2D eigenvalue weighted by molar-refractivity contribution is 0.0251. The maximum Gasteiger partial charge on any atom is 0.410 e. The van der Waals surface area contributed by atoms with Crippen LogP contribution in [0.1, 0.15) is 39.1 Å². The number of nitrogens with zero attached hydrogens (tertiary/aromatic N) is 3. The van der Waals surface area contributed by atoms with Crippen molar-refractivity contribution in [1.82, 2.24) is 14.9 Å². The van der Waals surface area contributed by atoms with Crippen molar-refractivity contribution in [2.45, 2.75) is 44.8 Å². The normalized spacial score (nSPS) is 16.7. The van der Waals surface area contributed by atoms with Crippen LogP contribution in [0.3, 0.4) is 0 Å². The summed E-state index contributed by atoms with van der Waals surface area (Å²) in [7, 11) is -3.91. The van der Waals surface area contributed by atoms with Gasteiger partial charge < -0.3 is 14.4 Å². The molecule has 1 aliphatic heterocycles. The number of ether oxygens (including phenoxy) is 2. The number of sulfone groups is 1. The predicted molar refractivity (Wildman–Crippen MR) is 121 cm³/mol. The largest absolute Gasteiger partial charge is 0.482 e. The summed E-state index contributed by atoms with van der Waals surface area (Å²) in [6.07, 6.45) is 5.54. The first-order valence-corrected chi connectivity index (χ1v) is 12.5. The molecule has 0 fully saturated rings. The van der Waals surface area contributed by atoms with Gasteiger partial charge in [0.25, 0.3) is 0 Å². The van der Waals surface area contributed by atoms with Gasteiger partial charge in [0.15, 0.2) is 27.2 Å². The smallest absolute Gasteiger partial charge is 0.410 e. The molecule has 1 aromatic carbocycles. The second-order valence-corrected chi connectivity index (χ2v) is 11.1. The second-order valence-electron chi connectivity index (χ2n) is 9.08. The van der Waals surface area contributed by atoms with E-state index >= 15 is 0 Å². The fourth-order valence-electron chi connectivity index (χ4n) is 3.42. The van der Waals surface area contributed by atoms with Crippen LogP contribution in [0.4, 0.5) is 13.6 Å². The van der Waals surface area contributed by atoms with E-state index in [1.807, 2.05) is 33.8 Å². The van der Waals surface area contributed by atoms with E-state index < -0.39 is 37.7 Å². The standard InChI is InChI=1S/C23H27F2N3O5S/c1-14-12-28(22(29)33-23(2,3)4)9-8-16(14)15-10-26-19(27-11-15)13-32-17-6-7-18(34(5,30)31)21(25)20(17)24/h6-8,10-11,14H,9,12-13H2,1-5H3. The van der Waals surface area contributed by atoms with Gasteiger partial charge in [-0.3, -0.25) is 0 Å². The van der Waals surface area contributed by atoms with Crippen LogP contribution in [0.5, 0.6) is 5.75 Å². The molecule has 0 bridgehead atoms. The molecule has 1 atom stereocenters. The molecule has 1 unspecified atom stereocenters. The van der Waals surface area contributed by atoms with Crippen LogP contribution >= 0.6 is 0 Å². The summed E-state index contributed by atoms with van der Waals surface area (Å²) in [5, 5.41) is 0. The average Bonchev–Trinajstić information content (AvgIpc) is 2.73. The van der Waals surface area contributed by atoms with E-state index in [1.54, 1.807) is 17.3 Å². The van der Waals surface area contributed by atoms with Crippen LogP contribution in [0, 0.1) is 17.6 Å². The summed E-state index contributed by atoms with van der Waals surface area (Å²) in [6.45, 7) is 8.08. The van der Waals surface area contributed by atoms with Gasteiger partial charge in [0.1, 0.15) is 17.1 Å². The Kier molecular flexibility index (Phi) is 7.25. The van der Waals surface area contributed by atoms with Crippen molar-refractivity contribution in [3.63, 3.8) is 0 Å². The molecule has 0 spiro atoms. The van der Waals surface area contributed by atoms with Gasteiger partial charge in [0.2, 0.25) is 5.82 Å². The van der Waals surface area contributed by atoms with Crippen molar-refractivity contribution in [2.75, 3.05) is 19.3 Å². The van der Waals surface area contributed by atoms with Gasteiger partial charge >= 0.3 is 6.09 Å². The molecule has 8 nitrogen and oxygen atoms in total. The minimum atomic E-state index is -3.91. The molecular formula is C23H27F2N3O5S. The Balaban J connectivity index is 1.66. The molecule has 2 aromatic rings. The van der Waals surface area contributed by atoms with Crippen molar-refractivity contribution in [1.29, 1.82) is 0 Å². The van der Waals surface area contributed by atoms with E-state index in [4.69, 9.17) is 9.47 Å². The van der Waals surface area contributed by atoms with Crippen molar-refractivity contribution >= 4 is 21.5 Å². The molecule has 0 saturated carbocycles. The molecule has 0 N–H and O–H groups in total. The van der Waals surface area contributed by atoms with Crippen LogP contribution in [-0.4, -0.2) is 54.3 Å². The second kappa shape index (κ2) is 9.65. The molecular weight excluding hydrogens is 468 g/mol. The summed E-state index contributed by atoms with van der Waals surface area (Å²) >= 11 is 0. The summed E-state index contributed by atoms with van der Waals surface area (Å²) in [4.78, 5) is 21.6. The van der Waals surface area contributed by atoms with Crippen LogP contribution in [0.15, 0.2) is 35.5 Å². The topological polar surface area (TPSA) is 98.7 Å². The molecule has 184 valence electrons. The lowest BCUT2D eigenvalue weighted by atomic mass is 9.92. The molecule has 0 aliphatic carbocycles. The lowest BCUT2D eigenvalue weighted by Crippen LogP contribution is -2.41. The average molecular weight is 496 g/mol. The molecule has 3 rings (SSSR count). The van der Waals surface area contributed by atoms with E-state index in [9.17, 15) is 22.0 Å². The van der Waals surface area contributed by atoms with E-state index in [2.05, 4.69) is 9.97 Å². The van der Waals surface area contributed by atoms with Gasteiger partial charge in [-0.05, 0) is 44.4 Å². The zero-order valence-electron chi connectivity index (χ0n) is 19.6. The first kappa shape index (κ1) is 25.5. The number of carbonyl (C=O) groups is 1. The monoisotopic (exact) mass is 495 g/mol. The predicted octanol–water partition coefficient (Wildman–Crippen LogP) is 4.01. The Morgan fingerprint density at radius 1 is 1.18 bits per heavy atom. The van der Waals surface area contributed by atoms with Crippen LogP contribution < -0.4 is 4.74 Å². The van der Waals surface area contributed by atoms with Crippen LogP contribution in [0.25, 0.3) is 5.57 Å². The number of carbonyl (C=O) groups excluding carboxylic acids is 1. The first-order valence-electron chi connectivity index (χ1n) is 10.6. The number of hydrogen-bond donors (Lipinski definition) is 0. The summed E-state index contributed by atoms with van der Waals surface area (Å²) in [5.74, 6) is -3.07. The molecule has 0 saturated heterocycles.